The summed E-state index contributed by atoms with van der Waals surface area (Å²) in [6, 6.07) is 7.28. The van der Waals surface area contributed by atoms with Gasteiger partial charge in [-0.3, -0.25) is 4.79 Å². The van der Waals surface area contributed by atoms with Gasteiger partial charge in [-0.15, -0.1) is 11.3 Å². The fourth-order valence-corrected chi connectivity index (χ4v) is 3.60. The molecule has 2 nitrogen and oxygen atoms in total. The Morgan fingerprint density at radius 3 is 2.68 bits per heavy atom. The van der Waals surface area contributed by atoms with Gasteiger partial charge in [0, 0.05) is 18.1 Å². The Kier molecular flexibility index (Phi) is 5.06. The molecule has 0 saturated heterocycles. The van der Waals surface area contributed by atoms with Crippen molar-refractivity contribution in [3.05, 3.63) is 54.1 Å². The van der Waals surface area contributed by atoms with Crippen molar-refractivity contribution in [2.45, 2.75) is 6.54 Å². The van der Waals surface area contributed by atoms with E-state index in [0.717, 1.165) is 13.8 Å². The third-order valence-electron chi connectivity index (χ3n) is 2.55. The zero-order valence-electron chi connectivity index (χ0n) is 9.99. The summed E-state index contributed by atoms with van der Waals surface area (Å²) in [6.07, 6.45) is 0. The molecule has 100 valence electrons. The lowest BCUT2D eigenvalue weighted by Gasteiger charge is -2.17. The number of halogens is 3. The van der Waals surface area contributed by atoms with E-state index in [-0.39, 0.29) is 5.91 Å². The molecule has 19 heavy (non-hydrogen) atoms. The van der Waals surface area contributed by atoms with Crippen molar-refractivity contribution in [1.82, 2.24) is 4.90 Å². The Balaban J connectivity index is 2.14. The number of hydrogen-bond acceptors (Lipinski definition) is 2. The Morgan fingerprint density at radius 2 is 2.11 bits per heavy atom. The van der Waals surface area contributed by atoms with Crippen LogP contribution in [0.15, 0.2) is 37.9 Å². The van der Waals surface area contributed by atoms with Gasteiger partial charge in [-0.1, -0.05) is 27.5 Å². The number of nitrogens with zero attached hydrogens (tertiary/aromatic N) is 1. The van der Waals surface area contributed by atoms with Crippen LogP contribution in [0.5, 0.6) is 0 Å². The average Bonchev–Trinajstić information content (AvgIpc) is 2.74. The fraction of sp³-hybridized carbons (Fsp3) is 0.154. The van der Waals surface area contributed by atoms with Crippen LogP contribution in [-0.2, 0) is 6.54 Å². The average molecular weight is 424 g/mol. The van der Waals surface area contributed by atoms with Gasteiger partial charge in [0.05, 0.1) is 14.4 Å². The second kappa shape index (κ2) is 6.39. The van der Waals surface area contributed by atoms with Crippen molar-refractivity contribution in [3.8, 4) is 0 Å². The first kappa shape index (κ1) is 15.0. The normalized spacial score (nSPS) is 10.5. The van der Waals surface area contributed by atoms with E-state index in [0.29, 0.717) is 17.1 Å². The maximum Gasteiger partial charge on any atom is 0.255 e. The zero-order valence-corrected chi connectivity index (χ0v) is 14.7. The van der Waals surface area contributed by atoms with E-state index in [9.17, 15) is 4.79 Å². The van der Waals surface area contributed by atoms with Gasteiger partial charge in [0.2, 0.25) is 0 Å². The van der Waals surface area contributed by atoms with E-state index in [1.165, 1.54) is 0 Å². The van der Waals surface area contributed by atoms with Gasteiger partial charge >= 0.3 is 0 Å². The highest BCUT2D eigenvalue weighted by Crippen LogP contribution is 2.24. The van der Waals surface area contributed by atoms with Gasteiger partial charge in [0.25, 0.3) is 5.91 Å². The second-order valence-corrected chi connectivity index (χ2v) is 7.66. The van der Waals surface area contributed by atoms with Crippen LogP contribution in [-0.4, -0.2) is 17.9 Å². The number of hydrogen-bond donors (Lipinski definition) is 0. The van der Waals surface area contributed by atoms with Crippen LogP contribution in [0.3, 0.4) is 0 Å². The molecule has 6 heteroatoms. The molecular weight excluding hydrogens is 413 g/mol. The molecule has 0 bridgehead atoms. The number of benzene rings is 1. The molecule has 0 aliphatic carbocycles. The maximum absolute atomic E-state index is 12.3. The molecule has 0 atom stereocenters. The standard InChI is InChI=1S/C13H10Br2ClNOS/c1-17(6-8-4-12(15)19-7-8)13(18)10-3-2-9(14)5-11(10)16/h2-5,7H,6H2,1H3. The van der Waals surface area contributed by atoms with Crippen molar-refractivity contribution >= 4 is 60.7 Å². The van der Waals surface area contributed by atoms with Gasteiger partial charge in [0.1, 0.15) is 0 Å². The first-order valence-electron chi connectivity index (χ1n) is 5.41. The van der Waals surface area contributed by atoms with Gasteiger partial charge < -0.3 is 4.90 Å². The molecule has 2 aromatic rings. The van der Waals surface area contributed by atoms with Gasteiger partial charge in [0.15, 0.2) is 0 Å². The fourth-order valence-electron chi connectivity index (χ4n) is 1.64. The summed E-state index contributed by atoms with van der Waals surface area (Å²) in [7, 11) is 1.77. The lowest BCUT2D eigenvalue weighted by atomic mass is 10.2. The molecule has 1 aromatic heterocycles. The SMILES string of the molecule is CN(Cc1csc(Br)c1)C(=O)c1ccc(Br)cc1Cl. The van der Waals surface area contributed by atoms with E-state index in [1.807, 2.05) is 17.5 Å². The molecule has 0 spiro atoms. The predicted octanol–water partition coefficient (Wildman–Crippen LogP) is 5.20. The predicted molar refractivity (Wildman–Crippen MR) is 87.0 cm³/mol. The van der Waals surface area contributed by atoms with Crippen molar-refractivity contribution in [2.75, 3.05) is 7.05 Å². The van der Waals surface area contributed by atoms with Crippen molar-refractivity contribution in [2.24, 2.45) is 0 Å². The first-order valence-corrected chi connectivity index (χ1v) is 8.25. The molecule has 0 radical (unpaired) electrons. The van der Waals surface area contributed by atoms with Crippen molar-refractivity contribution in [3.63, 3.8) is 0 Å². The summed E-state index contributed by atoms with van der Waals surface area (Å²) < 4.78 is 1.92. The van der Waals surface area contributed by atoms with Crippen molar-refractivity contribution in [1.29, 1.82) is 0 Å². The highest BCUT2D eigenvalue weighted by molar-refractivity contribution is 9.11. The number of thiophene rings is 1. The Morgan fingerprint density at radius 1 is 1.37 bits per heavy atom. The Labute approximate surface area is 137 Å². The number of carbonyl (C=O) groups is 1. The molecule has 1 heterocycles. The van der Waals surface area contributed by atoms with Gasteiger partial charge in [-0.2, -0.15) is 0 Å². The molecule has 0 fully saturated rings. The maximum atomic E-state index is 12.3. The minimum atomic E-state index is -0.0835. The zero-order chi connectivity index (χ0) is 14.0. The van der Waals surface area contributed by atoms with Crippen LogP contribution >= 0.6 is 54.8 Å². The molecule has 0 saturated carbocycles. The van der Waals surface area contributed by atoms with Crippen LogP contribution in [0.2, 0.25) is 5.02 Å². The van der Waals surface area contributed by atoms with Crippen molar-refractivity contribution < 1.29 is 4.79 Å². The third-order valence-corrected chi connectivity index (χ3v) is 4.91. The molecule has 0 N–H and O–H groups in total. The van der Waals surface area contributed by atoms with E-state index in [2.05, 4.69) is 31.9 Å². The lowest BCUT2D eigenvalue weighted by Crippen LogP contribution is -2.26. The monoisotopic (exact) mass is 421 g/mol. The summed E-state index contributed by atoms with van der Waals surface area (Å²) >= 11 is 14.4. The van der Waals surface area contributed by atoms with E-state index >= 15 is 0 Å². The van der Waals surface area contributed by atoms with Crippen LogP contribution in [0, 0.1) is 0 Å². The molecular formula is C13H10Br2ClNOS. The number of rotatable bonds is 3. The largest absolute Gasteiger partial charge is 0.337 e. The molecule has 1 amide bonds. The first-order chi connectivity index (χ1) is 8.97. The summed E-state index contributed by atoms with van der Waals surface area (Å²) in [5, 5.41) is 2.48. The smallest absolute Gasteiger partial charge is 0.255 e. The second-order valence-electron chi connectivity index (χ2n) is 4.04. The highest BCUT2D eigenvalue weighted by Gasteiger charge is 2.15. The Bertz CT molecular complexity index is 614. The van der Waals surface area contributed by atoms with Crippen LogP contribution in [0.25, 0.3) is 0 Å². The van der Waals surface area contributed by atoms with Crippen LogP contribution < -0.4 is 0 Å². The summed E-state index contributed by atoms with van der Waals surface area (Å²) in [4.78, 5) is 14.0. The molecule has 2 rings (SSSR count). The minimum absolute atomic E-state index is 0.0835. The molecule has 1 aromatic carbocycles. The Hall–Kier alpha value is -0.360. The third kappa shape index (κ3) is 3.81. The quantitative estimate of drug-likeness (QED) is 0.665. The molecule has 0 unspecified atom stereocenters. The number of carbonyl (C=O) groups excluding carboxylic acids is 1. The highest BCUT2D eigenvalue weighted by atomic mass is 79.9. The number of amides is 1. The summed E-state index contributed by atoms with van der Waals surface area (Å²) in [6.45, 7) is 0.563. The summed E-state index contributed by atoms with van der Waals surface area (Å²) in [5.41, 5.74) is 1.61. The van der Waals surface area contributed by atoms with E-state index in [1.54, 1.807) is 35.4 Å². The van der Waals surface area contributed by atoms with Gasteiger partial charge in [-0.25, -0.2) is 0 Å². The minimum Gasteiger partial charge on any atom is -0.337 e. The van der Waals surface area contributed by atoms with E-state index in [4.69, 9.17) is 11.6 Å². The summed E-state index contributed by atoms with van der Waals surface area (Å²) in [5.74, 6) is -0.0835. The lowest BCUT2D eigenvalue weighted by molar-refractivity contribution is 0.0785. The van der Waals surface area contributed by atoms with Gasteiger partial charge in [-0.05, 0) is 51.1 Å². The topological polar surface area (TPSA) is 20.3 Å². The van der Waals surface area contributed by atoms with Crippen LogP contribution in [0.4, 0.5) is 0 Å². The van der Waals surface area contributed by atoms with E-state index < -0.39 is 0 Å². The molecule has 0 aliphatic rings. The van der Waals surface area contributed by atoms with Crippen LogP contribution in [0.1, 0.15) is 15.9 Å². The molecule has 0 aliphatic heterocycles.